The molecule has 0 aliphatic carbocycles. The number of hydrogen-bond acceptors (Lipinski definition) is 1. The topological polar surface area (TPSA) is 9.23 Å². The predicted molar refractivity (Wildman–Crippen MR) is 139 cm³/mol. The quantitative estimate of drug-likeness (QED) is 0.146. The summed E-state index contributed by atoms with van der Waals surface area (Å²) in [6.07, 6.45) is 1.86. The largest absolute Gasteiger partial charge is 0.481 e. The van der Waals surface area contributed by atoms with Gasteiger partial charge in [-0.15, -0.1) is 0 Å². The maximum absolute atomic E-state index is 15.1. The van der Waals surface area contributed by atoms with Gasteiger partial charge in [0.25, 0.3) is 0 Å². The third kappa shape index (κ3) is 6.69. The van der Waals surface area contributed by atoms with Crippen molar-refractivity contribution in [2.75, 3.05) is 6.61 Å². The molecule has 0 aromatic heterocycles. The number of hydrogen-bond donors (Lipinski definition) is 0. The number of unbranched alkanes of at least 4 members (excludes halogenated alkanes) is 4. The second-order valence-corrected chi connectivity index (χ2v) is 9.39. The van der Waals surface area contributed by atoms with Crippen LogP contribution in [-0.2, 0) is 6.42 Å². The van der Waals surface area contributed by atoms with Gasteiger partial charge in [0.05, 0.1) is 0 Å². The summed E-state index contributed by atoms with van der Waals surface area (Å²) in [7, 11) is 0. The van der Waals surface area contributed by atoms with Gasteiger partial charge in [-0.3, -0.25) is 0 Å². The van der Waals surface area contributed by atoms with Gasteiger partial charge in [0.1, 0.15) is 11.6 Å². The van der Waals surface area contributed by atoms with E-state index in [0.29, 0.717) is 22.1 Å². The normalized spacial score (nSPS) is 11.8. The molecule has 0 fully saturated rings. The fraction of sp³-hybridized carbons (Fsp3) is 0.290. The van der Waals surface area contributed by atoms with Crippen LogP contribution in [0, 0.1) is 17.5 Å². The van der Waals surface area contributed by atoms with Gasteiger partial charge in [-0.05, 0) is 59.2 Å². The van der Waals surface area contributed by atoms with E-state index in [1.54, 1.807) is 18.2 Å². The van der Waals surface area contributed by atoms with Crippen LogP contribution in [-0.4, -0.2) is 12.8 Å². The van der Waals surface area contributed by atoms with Crippen LogP contribution in [0.1, 0.15) is 44.6 Å². The summed E-state index contributed by atoms with van der Waals surface area (Å²) in [5.41, 5.74) is 2.30. The third-order valence-corrected chi connectivity index (χ3v) is 6.50. The molecule has 0 bridgehead atoms. The molecule has 0 atom stereocenters. The first-order chi connectivity index (χ1) is 18.2. The molecule has 0 amide bonds. The molecule has 0 unspecified atom stereocenters. The fourth-order valence-electron chi connectivity index (χ4n) is 4.51. The van der Waals surface area contributed by atoms with Crippen molar-refractivity contribution in [3.63, 3.8) is 0 Å². The molecule has 0 radical (unpaired) electrons. The molecule has 4 rings (SSSR count). The highest BCUT2D eigenvalue weighted by molar-refractivity contribution is 5.89. The number of halogens is 6. The minimum atomic E-state index is -4.59. The van der Waals surface area contributed by atoms with E-state index < -0.39 is 36.0 Å². The highest BCUT2D eigenvalue weighted by Crippen LogP contribution is 2.34. The summed E-state index contributed by atoms with van der Waals surface area (Å²) in [6, 6.07) is 16.4. The second kappa shape index (κ2) is 11.9. The number of fused-ring (bicyclic) bond motifs is 1. The first-order valence-electron chi connectivity index (χ1n) is 12.7. The SMILES string of the molecule is CCCCCCCc1ccc(-c2ccc(-c3ccc4c(F)c(OCC(F)(F)F)ccc4c3)c(F)c2)c(F)c1. The Balaban J connectivity index is 1.52. The molecule has 0 saturated carbocycles. The summed E-state index contributed by atoms with van der Waals surface area (Å²) < 4.78 is 86.5. The van der Waals surface area contributed by atoms with Crippen LogP contribution in [0.2, 0.25) is 0 Å². The zero-order valence-electron chi connectivity index (χ0n) is 21.0. The summed E-state index contributed by atoms with van der Waals surface area (Å²) in [6.45, 7) is 0.554. The first kappa shape index (κ1) is 27.6. The lowest BCUT2D eigenvalue weighted by atomic mass is 9.96. The van der Waals surface area contributed by atoms with E-state index in [-0.39, 0.29) is 10.9 Å². The molecule has 38 heavy (non-hydrogen) atoms. The van der Waals surface area contributed by atoms with Crippen LogP contribution in [0.25, 0.3) is 33.0 Å². The van der Waals surface area contributed by atoms with Gasteiger partial charge in [-0.1, -0.05) is 75.1 Å². The van der Waals surface area contributed by atoms with E-state index in [1.807, 2.05) is 6.07 Å². The molecule has 0 spiro atoms. The maximum atomic E-state index is 15.1. The number of rotatable bonds is 10. The zero-order valence-corrected chi connectivity index (χ0v) is 21.0. The van der Waals surface area contributed by atoms with Gasteiger partial charge in [0.2, 0.25) is 0 Å². The Morgan fingerprint density at radius 1 is 0.684 bits per heavy atom. The van der Waals surface area contributed by atoms with Crippen molar-refractivity contribution in [3.05, 3.63) is 89.7 Å². The Labute approximate surface area is 218 Å². The third-order valence-electron chi connectivity index (χ3n) is 6.50. The van der Waals surface area contributed by atoms with Gasteiger partial charge < -0.3 is 4.74 Å². The van der Waals surface area contributed by atoms with Crippen molar-refractivity contribution in [1.29, 1.82) is 0 Å². The Morgan fingerprint density at radius 3 is 2.03 bits per heavy atom. The minimum absolute atomic E-state index is 0.0537. The number of aryl methyl sites for hydroxylation is 1. The molecule has 0 aliphatic rings. The van der Waals surface area contributed by atoms with E-state index in [0.717, 1.165) is 30.9 Å². The number of benzene rings is 4. The zero-order chi connectivity index (χ0) is 27.3. The fourth-order valence-corrected chi connectivity index (χ4v) is 4.51. The Bertz CT molecular complexity index is 1410. The van der Waals surface area contributed by atoms with Crippen LogP contribution in [0.5, 0.6) is 5.75 Å². The molecule has 200 valence electrons. The van der Waals surface area contributed by atoms with Crippen molar-refractivity contribution in [1.82, 2.24) is 0 Å². The summed E-state index contributed by atoms with van der Waals surface area (Å²) >= 11 is 0. The van der Waals surface area contributed by atoms with Crippen LogP contribution < -0.4 is 4.74 Å². The van der Waals surface area contributed by atoms with Crippen molar-refractivity contribution in [3.8, 4) is 28.0 Å². The van der Waals surface area contributed by atoms with Gasteiger partial charge in [0, 0.05) is 16.5 Å². The van der Waals surface area contributed by atoms with Crippen LogP contribution in [0.3, 0.4) is 0 Å². The van der Waals surface area contributed by atoms with Gasteiger partial charge in [0.15, 0.2) is 18.2 Å². The van der Waals surface area contributed by atoms with E-state index >= 15 is 4.39 Å². The van der Waals surface area contributed by atoms with Crippen molar-refractivity contribution >= 4 is 10.8 Å². The van der Waals surface area contributed by atoms with Gasteiger partial charge in [-0.25, -0.2) is 13.2 Å². The lowest BCUT2D eigenvalue weighted by molar-refractivity contribution is -0.153. The Morgan fingerprint density at radius 2 is 1.34 bits per heavy atom. The first-order valence-corrected chi connectivity index (χ1v) is 12.7. The van der Waals surface area contributed by atoms with E-state index in [1.165, 1.54) is 55.7 Å². The molecule has 0 heterocycles. The number of alkyl halides is 3. The van der Waals surface area contributed by atoms with E-state index in [4.69, 9.17) is 0 Å². The summed E-state index contributed by atoms with van der Waals surface area (Å²) in [4.78, 5) is 0. The van der Waals surface area contributed by atoms with Gasteiger partial charge in [-0.2, -0.15) is 13.2 Å². The van der Waals surface area contributed by atoms with E-state index in [2.05, 4.69) is 11.7 Å². The van der Waals surface area contributed by atoms with Crippen LogP contribution in [0.15, 0.2) is 66.7 Å². The minimum Gasteiger partial charge on any atom is -0.481 e. The standard InChI is InChI=1S/C31H28F6O/c1-2-3-4-5-6-7-20-8-12-24(27(32)16-20)23-9-13-25(28(33)18-23)21-10-14-26-22(17-21)11-15-29(30(26)34)38-19-31(35,36)37/h8-18H,2-7,19H2,1H3. The Hall–Kier alpha value is -3.48. The maximum Gasteiger partial charge on any atom is 0.422 e. The summed E-state index contributed by atoms with van der Waals surface area (Å²) in [5, 5.41) is 0.428. The smallest absolute Gasteiger partial charge is 0.422 e. The van der Waals surface area contributed by atoms with Crippen LogP contribution in [0.4, 0.5) is 26.3 Å². The predicted octanol–water partition coefficient (Wildman–Crippen LogP) is 10.0. The second-order valence-electron chi connectivity index (χ2n) is 9.39. The highest BCUT2D eigenvalue weighted by atomic mass is 19.4. The summed E-state index contributed by atoms with van der Waals surface area (Å²) in [5.74, 6) is -2.42. The molecule has 4 aromatic carbocycles. The lowest BCUT2D eigenvalue weighted by Crippen LogP contribution is -2.19. The molecule has 0 saturated heterocycles. The van der Waals surface area contributed by atoms with E-state index in [9.17, 15) is 22.0 Å². The van der Waals surface area contributed by atoms with Crippen molar-refractivity contribution in [2.45, 2.75) is 51.6 Å². The number of ether oxygens (including phenoxy) is 1. The Kier molecular flexibility index (Phi) is 8.65. The molecular formula is C31H28F6O. The average Bonchev–Trinajstić information content (AvgIpc) is 2.87. The molecule has 0 N–H and O–H groups in total. The molecule has 1 nitrogen and oxygen atoms in total. The lowest BCUT2D eigenvalue weighted by Gasteiger charge is -2.12. The van der Waals surface area contributed by atoms with Crippen molar-refractivity contribution < 1.29 is 31.1 Å². The molecule has 0 aliphatic heterocycles. The molecule has 4 aromatic rings. The van der Waals surface area contributed by atoms with Gasteiger partial charge >= 0.3 is 6.18 Å². The molecule has 7 heteroatoms. The monoisotopic (exact) mass is 530 g/mol. The van der Waals surface area contributed by atoms with Crippen LogP contribution >= 0.6 is 0 Å². The highest BCUT2D eigenvalue weighted by Gasteiger charge is 2.29. The molecular weight excluding hydrogens is 502 g/mol. The average molecular weight is 531 g/mol. The van der Waals surface area contributed by atoms with Crippen molar-refractivity contribution in [2.24, 2.45) is 0 Å².